The number of phenolic OH excluding ortho intramolecular Hbond substituents is 3. The third-order valence-corrected chi connectivity index (χ3v) is 3.54. The van der Waals surface area contributed by atoms with Gasteiger partial charge in [-0.15, -0.1) is 0 Å². The molecule has 0 atom stereocenters. The second-order valence-electron chi connectivity index (χ2n) is 5.35. The number of benzene rings is 3. The van der Waals surface area contributed by atoms with Gasteiger partial charge in [-0.3, -0.25) is 4.90 Å². The van der Waals surface area contributed by atoms with E-state index < -0.39 is 6.03 Å². The molecule has 3 aromatic rings. The molecule has 0 heterocycles. The van der Waals surface area contributed by atoms with Crippen molar-refractivity contribution in [3.05, 3.63) is 72.8 Å². The van der Waals surface area contributed by atoms with E-state index in [1.807, 2.05) is 0 Å². The molecular formula is C19H16N2O4. The number of rotatable bonds is 3. The normalized spacial score (nSPS) is 10.2. The van der Waals surface area contributed by atoms with Crippen LogP contribution in [0.3, 0.4) is 0 Å². The van der Waals surface area contributed by atoms with Crippen molar-refractivity contribution in [2.75, 3.05) is 10.2 Å². The zero-order chi connectivity index (χ0) is 17.8. The van der Waals surface area contributed by atoms with E-state index in [1.54, 1.807) is 36.4 Å². The summed E-state index contributed by atoms with van der Waals surface area (Å²) in [6.07, 6.45) is 0. The number of aromatic hydroxyl groups is 3. The molecule has 126 valence electrons. The van der Waals surface area contributed by atoms with Crippen molar-refractivity contribution in [3.63, 3.8) is 0 Å². The average Bonchev–Trinajstić information content (AvgIpc) is 2.60. The molecule has 6 heteroatoms. The number of phenols is 3. The third kappa shape index (κ3) is 3.81. The Labute approximate surface area is 144 Å². The van der Waals surface area contributed by atoms with Crippen LogP contribution in [0, 0.1) is 0 Å². The van der Waals surface area contributed by atoms with Crippen LogP contribution in [0.2, 0.25) is 0 Å². The highest BCUT2D eigenvalue weighted by atomic mass is 16.3. The topological polar surface area (TPSA) is 93.0 Å². The molecule has 25 heavy (non-hydrogen) atoms. The number of carbonyl (C=O) groups excluding carboxylic acids is 1. The van der Waals surface area contributed by atoms with Crippen molar-refractivity contribution in [1.82, 2.24) is 0 Å². The minimum Gasteiger partial charge on any atom is -0.508 e. The van der Waals surface area contributed by atoms with Gasteiger partial charge in [0.25, 0.3) is 0 Å². The third-order valence-electron chi connectivity index (χ3n) is 3.54. The maximum absolute atomic E-state index is 12.8. The molecule has 0 saturated carbocycles. The van der Waals surface area contributed by atoms with Gasteiger partial charge in [-0.1, -0.05) is 0 Å². The highest BCUT2D eigenvalue weighted by Gasteiger charge is 2.18. The second kappa shape index (κ2) is 6.84. The van der Waals surface area contributed by atoms with Gasteiger partial charge < -0.3 is 20.6 Å². The van der Waals surface area contributed by atoms with E-state index in [0.29, 0.717) is 17.1 Å². The van der Waals surface area contributed by atoms with Crippen molar-refractivity contribution < 1.29 is 20.1 Å². The summed E-state index contributed by atoms with van der Waals surface area (Å²) in [5.74, 6) is 0.286. The second-order valence-corrected chi connectivity index (χ2v) is 5.35. The van der Waals surface area contributed by atoms with E-state index in [4.69, 9.17) is 0 Å². The van der Waals surface area contributed by atoms with Crippen molar-refractivity contribution in [3.8, 4) is 17.2 Å². The maximum Gasteiger partial charge on any atom is 0.330 e. The van der Waals surface area contributed by atoms with Crippen LogP contribution in [0.25, 0.3) is 0 Å². The lowest BCUT2D eigenvalue weighted by atomic mass is 10.2. The van der Waals surface area contributed by atoms with Gasteiger partial charge in [-0.05, 0) is 72.8 Å². The standard InChI is InChI=1S/C19H16N2O4/c22-16-7-1-13(2-8-16)20-19(25)21(14-3-9-17(23)10-4-14)15-5-11-18(24)12-6-15/h1-12,22-24H,(H,20,25). The van der Waals surface area contributed by atoms with E-state index in [2.05, 4.69) is 5.32 Å². The van der Waals surface area contributed by atoms with Crippen LogP contribution < -0.4 is 10.2 Å². The van der Waals surface area contributed by atoms with Gasteiger partial charge in [0.15, 0.2) is 0 Å². The SMILES string of the molecule is O=C(Nc1ccc(O)cc1)N(c1ccc(O)cc1)c1ccc(O)cc1. The van der Waals surface area contributed by atoms with Crippen LogP contribution in [0.15, 0.2) is 72.8 Å². The first-order valence-electron chi connectivity index (χ1n) is 7.51. The van der Waals surface area contributed by atoms with E-state index in [-0.39, 0.29) is 17.2 Å². The van der Waals surface area contributed by atoms with E-state index in [0.717, 1.165) is 0 Å². The fourth-order valence-corrected chi connectivity index (χ4v) is 2.31. The van der Waals surface area contributed by atoms with Crippen LogP contribution in [-0.4, -0.2) is 21.4 Å². The number of nitrogens with zero attached hydrogens (tertiary/aromatic N) is 1. The smallest absolute Gasteiger partial charge is 0.330 e. The minimum atomic E-state index is -0.429. The van der Waals surface area contributed by atoms with Crippen molar-refractivity contribution in [1.29, 1.82) is 0 Å². The molecule has 0 aliphatic rings. The Morgan fingerprint density at radius 2 is 1.00 bits per heavy atom. The van der Waals surface area contributed by atoms with Crippen LogP contribution in [0.5, 0.6) is 17.2 Å². The minimum absolute atomic E-state index is 0.0911. The van der Waals surface area contributed by atoms with Crippen LogP contribution in [-0.2, 0) is 0 Å². The Balaban J connectivity index is 1.94. The quantitative estimate of drug-likeness (QED) is 0.540. The van der Waals surface area contributed by atoms with Gasteiger partial charge >= 0.3 is 6.03 Å². The molecule has 4 N–H and O–H groups in total. The predicted molar refractivity (Wildman–Crippen MR) is 95.5 cm³/mol. The summed E-state index contributed by atoms with van der Waals surface area (Å²) in [5, 5.41) is 31.0. The molecule has 0 aromatic heterocycles. The van der Waals surface area contributed by atoms with Gasteiger partial charge in [-0.2, -0.15) is 0 Å². The Morgan fingerprint density at radius 1 is 0.640 bits per heavy atom. The largest absolute Gasteiger partial charge is 0.508 e. The molecule has 3 aromatic carbocycles. The number of nitrogens with one attached hydrogen (secondary N) is 1. The predicted octanol–water partition coefficient (Wildman–Crippen LogP) is 4.17. The maximum atomic E-state index is 12.8. The molecule has 0 spiro atoms. The lowest BCUT2D eigenvalue weighted by molar-refractivity contribution is 0.259. The highest BCUT2D eigenvalue weighted by Crippen LogP contribution is 2.29. The monoisotopic (exact) mass is 336 g/mol. The van der Waals surface area contributed by atoms with Crippen molar-refractivity contribution >= 4 is 23.1 Å². The van der Waals surface area contributed by atoms with E-state index >= 15 is 0 Å². The Kier molecular flexibility index (Phi) is 4.43. The lowest BCUT2D eigenvalue weighted by Crippen LogP contribution is -2.30. The van der Waals surface area contributed by atoms with Gasteiger partial charge in [0.1, 0.15) is 17.2 Å². The van der Waals surface area contributed by atoms with E-state index in [9.17, 15) is 20.1 Å². The average molecular weight is 336 g/mol. The molecule has 0 aliphatic carbocycles. The van der Waals surface area contributed by atoms with Gasteiger partial charge in [0, 0.05) is 5.69 Å². The van der Waals surface area contributed by atoms with Crippen LogP contribution in [0.1, 0.15) is 0 Å². The summed E-state index contributed by atoms with van der Waals surface area (Å²) in [7, 11) is 0. The number of anilines is 3. The van der Waals surface area contributed by atoms with Crippen LogP contribution >= 0.6 is 0 Å². The summed E-state index contributed by atoms with van der Waals surface area (Å²) in [6.45, 7) is 0. The number of urea groups is 1. The summed E-state index contributed by atoms with van der Waals surface area (Å²) in [5.41, 5.74) is 1.60. The zero-order valence-electron chi connectivity index (χ0n) is 13.1. The van der Waals surface area contributed by atoms with Gasteiger partial charge in [-0.25, -0.2) is 4.79 Å². The molecular weight excluding hydrogens is 320 g/mol. The first kappa shape index (κ1) is 16.2. The van der Waals surface area contributed by atoms with Crippen LogP contribution in [0.4, 0.5) is 21.9 Å². The molecule has 0 saturated heterocycles. The van der Waals surface area contributed by atoms with Crippen molar-refractivity contribution in [2.45, 2.75) is 0 Å². The Hall–Kier alpha value is -3.67. The first-order chi connectivity index (χ1) is 12.0. The summed E-state index contributed by atoms with van der Waals surface area (Å²) in [6, 6.07) is 18.1. The number of amides is 2. The summed E-state index contributed by atoms with van der Waals surface area (Å²) in [4.78, 5) is 14.2. The molecule has 0 unspecified atom stereocenters. The van der Waals surface area contributed by atoms with Gasteiger partial charge in [0.2, 0.25) is 0 Å². The summed E-state index contributed by atoms with van der Waals surface area (Å²) < 4.78 is 0. The fourth-order valence-electron chi connectivity index (χ4n) is 2.31. The molecule has 0 radical (unpaired) electrons. The Bertz CT molecular complexity index is 814. The zero-order valence-corrected chi connectivity index (χ0v) is 13.1. The summed E-state index contributed by atoms with van der Waals surface area (Å²) >= 11 is 0. The Morgan fingerprint density at radius 3 is 1.40 bits per heavy atom. The van der Waals surface area contributed by atoms with E-state index in [1.165, 1.54) is 41.3 Å². The molecule has 2 amide bonds. The number of hydrogen-bond donors (Lipinski definition) is 4. The molecule has 6 nitrogen and oxygen atoms in total. The molecule has 0 fully saturated rings. The van der Waals surface area contributed by atoms with Gasteiger partial charge in [0.05, 0.1) is 11.4 Å². The van der Waals surface area contributed by atoms with Crippen molar-refractivity contribution in [2.24, 2.45) is 0 Å². The number of hydrogen-bond acceptors (Lipinski definition) is 4. The number of carbonyl (C=O) groups is 1. The lowest BCUT2D eigenvalue weighted by Gasteiger charge is -2.23. The molecule has 0 bridgehead atoms. The highest BCUT2D eigenvalue weighted by molar-refractivity contribution is 6.07. The first-order valence-corrected chi connectivity index (χ1v) is 7.51. The molecule has 0 aliphatic heterocycles. The fraction of sp³-hybridized carbons (Fsp3) is 0. The molecule has 3 rings (SSSR count).